The van der Waals surface area contributed by atoms with Gasteiger partial charge < -0.3 is 10.5 Å². The van der Waals surface area contributed by atoms with E-state index >= 15 is 0 Å². The minimum Gasteiger partial charge on any atom is -0.497 e. The molecule has 0 aliphatic rings. The van der Waals surface area contributed by atoms with Crippen molar-refractivity contribution in [1.82, 2.24) is 14.5 Å². The lowest BCUT2D eigenvalue weighted by Crippen LogP contribution is -1.95. The number of nitrogens with two attached hydrogens (primary N) is 1. The number of aromatic nitrogens is 3. The quantitative estimate of drug-likeness (QED) is 0.576. The van der Waals surface area contributed by atoms with E-state index in [-0.39, 0.29) is 0 Å². The smallest absolute Gasteiger partial charge is 0.119 e. The molecule has 0 aliphatic heterocycles. The van der Waals surface area contributed by atoms with Crippen LogP contribution in [0.25, 0.3) is 27.6 Å². The fourth-order valence-corrected chi connectivity index (χ4v) is 2.67. The molecule has 0 radical (unpaired) electrons. The Bertz CT molecular complexity index is 990. The zero-order chi connectivity index (χ0) is 15.1. The SMILES string of the molecule is COc1ccc2ncc3ncn(-c4cccc(N)c4)c3c2c1. The summed E-state index contributed by atoms with van der Waals surface area (Å²) in [6.07, 6.45) is 3.58. The highest BCUT2D eigenvalue weighted by Gasteiger charge is 2.10. The van der Waals surface area contributed by atoms with Gasteiger partial charge in [0.25, 0.3) is 0 Å². The first-order valence-corrected chi connectivity index (χ1v) is 6.92. The van der Waals surface area contributed by atoms with E-state index in [1.807, 2.05) is 47.0 Å². The van der Waals surface area contributed by atoms with Gasteiger partial charge in [0, 0.05) is 16.8 Å². The van der Waals surface area contributed by atoms with Crippen LogP contribution in [0.1, 0.15) is 0 Å². The summed E-state index contributed by atoms with van der Waals surface area (Å²) in [4.78, 5) is 8.90. The van der Waals surface area contributed by atoms with Crippen molar-refractivity contribution in [3.05, 3.63) is 55.0 Å². The summed E-state index contributed by atoms with van der Waals surface area (Å²) in [5, 5.41) is 0.997. The lowest BCUT2D eigenvalue weighted by atomic mass is 10.1. The van der Waals surface area contributed by atoms with Gasteiger partial charge in [-0.05, 0) is 36.4 Å². The van der Waals surface area contributed by atoms with Crippen molar-refractivity contribution in [3.63, 3.8) is 0 Å². The zero-order valence-electron chi connectivity index (χ0n) is 12.0. The predicted molar refractivity (Wildman–Crippen MR) is 87.3 cm³/mol. The molecule has 2 aromatic carbocycles. The number of fused-ring (bicyclic) bond motifs is 3. The van der Waals surface area contributed by atoms with Crippen LogP contribution in [-0.2, 0) is 0 Å². The standard InChI is InChI=1S/C17H14N4O/c1-22-13-5-6-15-14(8-13)17-16(9-19-15)20-10-21(17)12-4-2-3-11(18)7-12/h2-10H,18H2,1H3. The number of nitrogens with zero attached hydrogens (tertiary/aromatic N) is 3. The molecule has 5 heteroatoms. The third kappa shape index (κ3) is 1.87. The summed E-state index contributed by atoms with van der Waals surface area (Å²) in [5.74, 6) is 0.794. The summed E-state index contributed by atoms with van der Waals surface area (Å²) < 4.78 is 7.36. The third-order valence-electron chi connectivity index (χ3n) is 3.73. The molecule has 22 heavy (non-hydrogen) atoms. The van der Waals surface area contributed by atoms with Crippen LogP contribution >= 0.6 is 0 Å². The summed E-state index contributed by atoms with van der Waals surface area (Å²) in [5.41, 5.74) is 10.3. The molecule has 0 saturated carbocycles. The summed E-state index contributed by atoms with van der Waals surface area (Å²) in [6, 6.07) is 13.6. The fraction of sp³-hybridized carbons (Fsp3) is 0.0588. The van der Waals surface area contributed by atoms with Crippen molar-refractivity contribution >= 4 is 27.6 Å². The molecule has 0 atom stereocenters. The molecular formula is C17H14N4O. The Balaban J connectivity index is 2.09. The normalized spacial score (nSPS) is 11.1. The van der Waals surface area contributed by atoms with Gasteiger partial charge in [0.15, 0.2) is 0 Å². The molecule has 0 aliphatic carbocycles. The van der Waals surface area contributed by atoms with Crippen molar-refractivity contribution in [2.75, 3.05) is 12.8 Å². The third-order valence-corrected chi connectivity index (χ3v) is 3.73. The van der Waals surface area contributed by atoms with Crippen molar-refractivity contribution in [3.8, 4) is 11.4 Å². The van der Waals surface area contributed by atoms with Crippen LogP contribution in [0, 0.1) is 0 Å². The second-order valence-electron chi connectivity index (χ2n) is 5.08. The van der Waals surface area contributed by atoms with Crippen LogP contribution in [0.5, 0.6) is 5.75 Å². The Morgan fingerprint density at radius 2 is 1.95 bits per heavy atom. The number of pyridine rings is 1. The molecular weight excluding hydrogens is 276 g/mol. The number of benzene rings is 2. The van der Waals surface area contributed by atoms with E-state index in [4.69, 9.17) is 10.5 Å². The van der Waals surface area contributed by atoms with Crippen molar-refractivity contribution in [2.45, 2.75) is 0 Å². The van der Waals surface area contributed by atoms with Crippen molar-refractivity contribution in [1.29, 1.82) is 0 Å². The second kappa shape index (κ2) is 4.73. The fourth-order valence-electron chi connectivity index (χ4n) is 2.67. The van der Waals surface area contributed by atoms with Gasteiger partial charge in [0.05, 0.1) is 24.3 Å². The summed E-state index contributed by atoms with van der Waals surface area (Å²) >= 11 is 0. The maximum absolute atomic E-state index is 5.90. The Morgan fingerprint density at radius 1 is 1.05 bits per heavy atom. The van der Waals surface area contributed by atoms with Gasteiger partial charge in [0.2, 0.25) is 0 Å². The van der Waals surface area contributed by atoms with Crippen molar-refractivity contribution in [2.24, 2.45) is 0 Å². The first-order chi connectivity index (χ1) is 10.8. The van der Waals surface area contributed by atoms with Crippen LogP contribution < -0.4 is 10.5 Å². The van der Waals surface area contributed by atoms with Gasteiger partial charge in [-0.3, -0.25) is 9.55 Å². The minimum absolute atomic E-state index is 0.718. The molecule has 108 valence electrons. The Morgan fingerprint density at radius 3 is 2.77 bits per heavy atom. The van der Waals surface area contributed by atoms with E-state index in [0.29, 0.717) is 0 Å². The number of methoxy groups -OCH3 is 1. The number of ether oxygens (including phenoxy) is 1. The van der Waals surface area contributed by atoms with Gasteiger partial charge in [0.1, 0.15) is 17.6 Å². The van der Waals surface area contributed by atoms with E-state index in [1.54, 1.807) is 19.6 Å². The Kier molecular flexibility index (Phi) is 2.72. The number of anilines is 1. The van der Waals surface area contributed by atoms with Gasteiger partial charge in [-0.2, -0.15) is 0 Å². The van der Waals surface area contributed by atoms with Gasteiger partial charge >= 0.3 is 0 Å². The second-order valence-corrected chi connectivity index (χ2v) is 5.08. The largest absolute Gasteiger partial charge is 0.497 e. The maximum atomic E-state index is 5.90. The molecule has 0 amide bonds. The lowest BCUT2D eigenvalue weighted by molar-refractivity contribution is 0.415. The molecule has 0 spiro atoms. The highest BCUT2D eigenvalue weighted by atomic mass is 16.5. The molecule has 4 rings (SSSR count). The van der Waals surface area contributed by atoms with Gasteiger partial charge in [-0.15, -0.1) is 0 Å². The monoisotopic (exact) mass is 290 g/mol. The maximum Gasteiger partial charge on any atom is 0.119 e. The highest BCUT2D eigenvalue weighted by molar-refractivity contribution is 6.03. The summed E-state index contributed by atoms with van der Waals surface area (Å²) in [6.45, 7) is 0. The zero-order valence-corrected chi connectivity index (χ0v) is 12.0. The highest BCUT2D eigenvalue weighted by Crippen LogP contribution is 2.28. The Hall–Kier alpha value is -3.08. The van der Waals surface area contributed by atoms with E-state index < -0.39 is 0 Å². The average Bonchev–Trinajstić information content (AvgIpc) is 2.99. The van der Waals surface area contributed by atoms with Crippen LogP contribution in [0.2, 0.25) is 0 Å². The van der Waals surface area contributed by atoms with E-state index in [1.165, 1.54) is 0 Å². The first-order valence-electron chi connectivity index (χ1n) is 6.92. The Labute approximate surface area is 127 Å². The molecule has 2 aromatic heterocycles. The molecule has 2 heterocycles. The average molecular weight is 290 g/mol. The molecule has 5 nitrogen and oxygen atoms in total. The lowest BCUT2D eigenvalue weighted by Gasteiger charge is -2.08. The molecule has 4 aromatic rings. The van der Waals surface area contributed by atoms with Crippen molar-refractivity contribution < 1.29 is 4.74 Å². The van der Waals surface area contributed by atoms with Crippen LogP contribution in [0.4, 0.5) is 5.69 Å². The topological polar surface area (TPSA) is 66.0 Å². The van der Waals surface area contributed by atoms with Crippen LogP contribution in [-0.4, -0.2) is 21.6 Å². The molecule has 0 saturated heterocycles. The summed E-state index contributed by atoms with van der Waals surface area (Å²) in [7, 11) is 1.66. The number of hydrogen-bond donors (Lipinski definition) is 1. The van der Waals surface area contributed by atoms with Gasteiger partial charge in [-0.25, -0.2) is 4.98 Å². The van der Waals surface area contributed by atoms with E-state index in [0.717, 1.165) is 39.1 Å². The van der Waals surface area contributed by atoms with Crippen LogP contribution in [0.15, 0.2) is 55.0 Å². The molecule has 0 unspecified atom stereocenters. The number of rotatable bonds is 2. The first kappa shape index (κ1) is 12.6. The minimum atomic E-state index is 0.718. The number of imidazole rings is 1. The van der Waals surface area contributed by atoms with E-state index in [9.17, 15) is 0 Å². The molecule has 0 bridgehead atoms. The van der Waals surface area contributed by atoms with Crippen LogP contribution in [0.3, 0.4) is 0 Å². The van der Waals surface area contributed by atoms with Gasteiger partial charge in [-0.1, -0.05) is 6.07 Å². The molecule has 2 N–H and O–H groups in total. The molecule has 0 fully saturated rings. The predicted octanol–water partition coefficient (Wildman–Crippen LogP) is 3.16. The number of nitrogen functional groups attached to an aromatic ring is 1. The van der Waals surface area contributed by atoms with E-state index in [2.05, 4.69) is 9.97 Å². The number of hydrogen-bond acceptors (Lipinski definition) is 4.